The van der Waals surface area contributed by atoms with Gasteiger partial charge in [-0.15, -0.1) is 11.8 Å². The van der Waals surface area contributed by atoms with Crippen molar-refractivity contribution in [3.63, 3.8) is 0 Å². The minimum absolute atomic E-state index is 0.147. The van der Waals surface area contributed by atoms with Gasteiger partial charge in [-0.05, 0) is 12.1 Å². The van der Waals surface area contributed by atoms with E-state index >= 15 is 0 Å². The lowest BCUT2D eigenvalue weighted by molar-refractivity contribution is -0.125. The number of rotatable bonds is 3. The highest BCUT2D eigenvalue weighted by Gasteiger charge is 2.03. The fourth-order valence-electron chi connectivity index (χ4n) is 0.791. The predicted molar refractivity (Wildman–Crippen MR) is 55.9 cm³/mol. The van der Waals surface area contributed by atoms with Crippen molar-refractivity contribution in [1.29, 1.82) is 0 Å². The summed E-state index contributed by atoms with van der Waals surface area (Å²) >= 11 is 1.57. The molecule has 0 saturated heterocycles. The van der Waals surface area contributed by atoms with Gasteiger partial charge in [-0.2, -0.15) is 0 Å². The summed E-state index contributed by atoms with van der Waals surface area (Å²) in [5, 5.41) is 0. The lowest BCUT2D eigenvalue weighted by atomic mass is 10.4. The second kappa shape index (κ2) is 4.92. The van der Waals surface area contributed by atoms with Crippen LogP contribution in [0, 0.1) is 0 Å². The smallest absolute Gasteiger partial charge is 0.232 e. The van der Waals surface area contributed by atoms with E-state index in [-0.39, 0.29) is 5.91 Å². The zero-order chi connectivity index (χ0) is 9.68. The van der Waals surface area contributed by atoms with Gasteiger partial charge in [0, 0.05) is 19.0 Å². The second-order valence-electron chi connectivity index (χ2n) is 2.89. The maximum atomic E-state index is 11.2. The van der Waals surface area contributed by atoms with Crippen molar-refractivity contribution >= 4 is 17.7 Å². The molecule has 0 unspecified atom stereocenters. The fraction of sp³-hybridized carbons (Fsp3) is 0.300. The number of carbonyl (C=O) groups is 1. The van der Waals surface area contributed by atoms with Crippen LogP contribution >= 0.6 is 11.8 Å². The molecule has 0 saturated carbocycles. The van der Waals surface area contributed by atoms with Crippen LogP contribution in [0.15, 0.2) is 35.2 Å². The first-order valence-corrected chi connectivity index (χ1v) is 5.06. The summed E-state index contributed by atoms with van der Waals surface area (Å²) in [5.74, 6) is 0.658. The number of nitrogens with zero attached hydrogens (tertiary/aromatic N) is 1. The predicted octanol–water partition coefficient (Wildman–Crippen LogP) is 1.87. The molecular formula is C10H13NOS. The molecule has 0 aliphatic carbocycles. The van der Waals surface area contributed by atoms with E-state index in [9.17, 15) is 4.79 Å². The molecule has 0 aliphatic rings. The van der Waals surface area contributed by atoms with Crippen LogP contribution in [0.3, 0.4) is 0 Å². The lowest BCUT2D eigenvalue weighted by Gasteiger charge is -2.09. The molecule has 0 aliphatic heterocycles. The highest BCUT2D eigenvalue weighted by Crippen LogP contribution is 2.16. The first kappa shape index (κ1) is 10.1. The van der Waals surface area contributed by atoms with E-state index in [4.69, 9.17) is 0 Å². The summed E-state index contributed by atoms with van der Waals surface area (Å²) in [6.45, 7) is 0. The Morgan fingerprint density at radius 1 is 1.31 bits per heavy atom. The molecule has 0 spiro atoms. The van der Waals surface area contributed by atoms with Gasteiger partial charge in [-0.25, -0.2) is 0 Å². The van der Waals surface area contributed by atoms with Crippen molar-refractivity contribution in [3.8, 4) is 0 Å². The molecule has 0 bridgehead atoms. The van der Waals surface area contributed by atoms with E-state index in [0.29, 0.717) is 5.75 Å². The molecule has 0 heterocycles. The Kier molecular flexibility index (Phi) is 3.83. The molecule has 1 amide bonds. The van der Waals surface area contributed by atoms with Gasteiger partial charge in [0.1, 0.15) is 0 Å². The van der Waals surface area contributed by atoms with E-state index in [1.165, 1.54) is 0 Å². The Morgan fingerprint density at radius 2 is 1.92 bits per heavy atom. The van der Waals surface area contributed by atoms with Gasteiger partial charge < -0.3 is 4.90 Å². The van der Waals surface area contributed by atoms with E-state index < -0.39 is 0 Å². The molecule has 0 atom stereocenters. The van der Waals surface area contributed by atoms with Gasteiger partial charge in [0.15, 0.2) is 0 Å². The molecule has 1 aromatic rings. The topological polar surface area (TPSA) is 20.3 Å². The average Bonchev–Trinajstić information content (AvgIpc) is 2.15. The summed E-state index contributed by atoms with van der Waals surface area (Å²) in [7, 11) is 3.54. The summed E-state index contributed by atoms with van der Waals surface area (Å²) in [6, 6.07) is 9.93. The standard InChI is InChI=1S/C10H13NOS/c1-11(2)10(12)8-13-9-6-4-3-5-7-9/h3-7H,8H2,1-2H3. The zero-order valence-corrected chi connectivity index (χ0v) is 8.67. The van der Waals surface area contributed by atoms with Crippen LogP contribution in [-0.2, 0) is 4.79 Å². The second-order valence-corrected chi connectivity index (χ2v) is 3.94. The minimum Gasteiger partial charge on any atom is -0.348 e. The van der Waals surface area contributed by atoms with Gasteiger partial charge in [-0.1, -0.05) is 18.2 Å². The third-order valence-electron chi connectivity index (χ3n) is 1.60. The van der Waals surface area contributed by atoms with Crippen LogP contribution in [0.5, 0.6) is 0 Å². The molecule has 2 nitrogen and oxygen atoms in total. The van der Waals surface area contributed by atoms with E-state index in [0.717, 1.165) is 4.90 Å². The quantitative estimate of drug-likeness (QED) is 0.686. The number of thioether (sulfide) groups is 1. The first-order valence-electron chi connectivity index (χ1n) is 4.08. The monoisotopic (exact) mass is 195 g/mol. The minimum atomic E-state index is 0.147. The van der Waals surface area contributed by atoms with E-state index in [1.807, 2.05) is 30.3 Å². The summed E-state index contributed by atoms with van der Waals surface area (Å²) in [5.41, 5.74) is 0. The fourth-order valence-corrected chi connectivity index (χ4v) is 1.69. The highest BCUT2D eigenvalue weighted by molar-refractivity contribution is 8.00. The lowest BCUT2D eigenvalue weighted by Crippen LogP contribution is -2.23. The van der Waals surface area contributed by atoms with Crippen molar-refractivity contribution in [2.45, 2.75) is 4.90 Å². The van der Waals surface area contributed by atoms with Gasteiger partial charge in [0.05, 0.1) is 5.75 Å². The molecule has 0 radical (unpaired) electrons. The molecule has 13 heavy (non-hydrogen) atoms. The van der Waals surface area contributed by atoms with Crippen LogP contribution in [-0.4, -0.2) is 30.7 Å². The van der Waals surface area contributed by atoms with Crippen molar-refractivity contribution in [1.82, 2.24) is 4.90 Å². The Bertz CT molecular complexity index is 272. The van der Waals surface area contributed by atoms with Crippen molar-refractivity contribution in [2.24, 2.45) is 0 Å². The highest BCUT2D eigenvalue weighted by atomic mass is 32.2. The van der Waals surface area contributed by atoms with Crippen LogP contribution in [0.2, 0.25) is 0 Å². The number of carbonyl (C=O) groups excluding carboxylic acids is 1. The molecule has 0 aromatic heterocycles. The first-order chi connectivity index (χ1) is 6.20. The van der Waals surface area contributed by atoms with E-state index in [1.54, 1.807) is 30.8 Å². The van der Waals surface area contributed by atoms with Gasteiger partial charge >= 0.3 is 0 Å². The molecule has 3 heteroatoms. The Balaban J connectivity index is 2.40. The molecule has 0 N–H and O–H groups in total. The van der Waals surface area contributed by atoms with E-state index in [2.05, 4.69) is 0 Å². The van der Waals surface area contributed by atoms with Crippen LogP contribution < -0.4 is 0 Å². The Hall–Kier alpha value is -0.960. The zero-order valence-electron chi connectivity index (χ0n) is 7.86. The van der Waals surface area contributed by atoms with Gasteiger partial charge in [-0.3, -0.25) is 4.79 Å². The molecule has 70 valence electrons. The maximum absolute atomic E-state index is 11.2. The summed E-state index contributed by atoms with van der Waals surface area (Å²) in [6.07, 6.45) is 0. The third kappa shape index (κ3) is 3.51. The van der Waals surface area contributed by atoms with Gasteiger partial charge in [0.2, 0.25) is 5.91 Å². The van der Waals surface area contributed by atoms with Crippen LogP contribution in [0.1, 0.15) is 0 Å². The SMILES string of the molecule is CN(C)C(=O)CSc1ccccc1. The molecule has 0 fully saturated rings. The normalized spacial score (nSPS) is 9.69. The van der Waals surface area contributed by atoms with Crippen molar-refractivity contribution < 1.29 is 4.79 Å². The Morgan fingerprint density at radius 3 is 2.46 bits per heavy atom. The molecule has 1 aromatic carbocycles. The summed E-state index contributed by atoms with van der Waals surface area (Å²) in [4.78, 5) is 14.0. The number of benzene rings is 1. The van der Waals surface area contributed by atoms with Gasteiger partial charge in [0.25, 0.3) is 0 Å². The van der Waals surface area contributed by atoms with Crippen LogP contribution in [0.4, 0.5) is 0 Å². The number of amides is 1. The average molecular weight is 195 g/mol. The maximum Gasteiger partial charge on any atom is 0.232 e. The Labute approximate surface area is 82.9 Å². The molecule has 1 rings (SSSR count). The van der Waals surface area contributed by atoms with Crippen molar-refractivity contribution in [3.05, 3.63) is 30.3 Å². The third-order valence-corrected chi connectivity index (χ3v) is 2.60. The van der Waals surface area contributed by atoms with Crippen molar-refractivity contribution in [2.75, 3.05) is 19.8 Å². The summed E-state index contributed by atoms with van der Waals surface area (Å²) < 4.78 is 0. The molecular weight excluding hydrogens is 182 g/mol. The largest absolute Gasteiger partial charge is 0.348 e. The number of hydrogen-bond donors (Lipinski definition) is 0. The van der Waals surface area contributed by atoms with Crippen LogP contribution in [0.25, 0.3) is 0 Å². The number of hydrogen-bond acceptors (Lipinski definition) is 2.